The number of hydrogen-bond acceptors (Lipinski definition) is 8. The molecule has 0 saturated carbocycles. The summed E-state index contributed by atoms with van der Waals surface area (Å²) in [5, 5.41) is 0. The van der Waals surface area contributed by atoms with E-state index in [1.165, 1.54) is 0 Å². The van der Waals surface area contributed by atoms with Crippen molar-refractivity contribution >= 4 is 22.3 Å². The van der Waals surface area contributed by atoms with Crippen molar-refractivity contribution in [2.24, 2.45) is 0 Å². The molecule has 1 fully saturated rings. The highest BCUT2D eigenvalue weighted by Crippen LogP contribution is 2.04. The first-order chi connectivity index (χ1) is 5.01. The second-order valence-corrected chi connectivity index (χ2v) is 2.37. The Balaban J connectivity index is 2.82. The summed E-state index contributed by atoms with van der Waals surface area (Å²) in [5.74, 6) is -3.24. The Morgan fingerprint density at radius 1 is 0.909 bits per heavy atom. The van der Waals surface area contributed by atoms with E-state index in [2.05, 4.69) is 18.4 Å². The molecular formula is C2O8S. The molecule has 1 heterocycles. The van der Waals surface area contributed by atoms with Gasteiger partial charge in [-0.2, -0.15) is 8.42 Å². The van der Waals surface area contributed by atoms with E-state index in [0.717, 1.165) is 0 Å². The Kier molecular flexibility index (Phi) is 1.76. The highest BCUT2D eigenvalue weighted by atomic mass is 32.3. The zero-order valence-electron chi connectivity index (χ0n) is 4.67. The van der Waals surface area contributed by atoms with Crippen LogP contribution in [0.2, 0.25) is 0 Å². The average molecular weight is 184 g/mol. The first kappa shape index (κ1) is 7.91. The van der Waals surface area contributed by atoms with Gasteiger partial charge in [0, 0.05) is 0 Å². The van der Waals surface area contributed by atoms with Crippen molar-refractivity contribution < 1.29 is 36.4 Å². The predicted molar refractivity (Wildman–Crippen MR) is 23.3 cm³/mol. The standard InChI is InChI=1S/C2O8S/c3-1-2(4)8-10-11(5,6)9-7-1. The Hall–Kier alpha value is -1.19. The van der Waals surface area contributed by atoms with E-state index < -0.39 is 22.3 Å². The molecule has 0 aliphatic carbocycles. The fraction of sp³-hybridized carbons (Fsp3) is 0. The molecule has 62 valence electrons. The third kappa shape index (κ3) is 1.86. The van der Waals surface area contributed by atoms with E-state index in [4.69, 9.17) is 0 Å². The van der Waals surface area contributed by atoms with E-state index in [1.807, 2.05) is 0 Å². The monoisotopic (exact) mass is 184 g/mol. The van der Waals surface area contributed by atoms with E-state index in [1.54, 1.807) is 0 Å². The van der Waals surface area contributed by atoms with Gasteiger partial charge in [0.2, 0.25) is 0 Å². The van der Waals surface area contributed by atoms with Crippen LogP contribution in [-0.4, -0.2) is 20.4 Å². The smallest absolute Gasteiger partial charge is 0.266 e. The molecule has 0 bridgehead atoms. The lowest BCUT2D eigenvalue weighted by atomic mass is 10.7. The van der Waals surface area contributed by atoms with Crippen LogP contribution in [0.25, 0.3) is 0 Å². The van der Waals surface area contributed by atoms with Crippen molar-refractivity contribution in [1.82, 2.24) is 0 Å². The van der Waals surface area contributed by atoms with Crippen LogP contribution in [0.3, 0.4) is 0 Å². The van der Waals surface area contributed by atoms with Crippen molar-refractivity contribution in [2.45, 2.75) is 0 Å². The zero-order chi connectivity index (χ0) is 8.48. The summed E-state index contributed by atoms with van der Waals surface area (Å²) in [6, 6.07) is 0. The molecule has 1 aliphatic rings. The van der Waals surface area contributed by atoms with Crippen molar-refractivity contribution in [3.05, 3.63) is 0 Å². The van der Waals surface area contributed by atoms with Gasteiger partial charge in [0.05, 0.1) is 0 Å². The van der Waals surface area contributed by atoms with Gasteiger partial charge in [-0.05, 0) is 8.67 Å². The van der Waals surface area contributed by atoms with Crippen molar-refractivity contribution in [3.8, 4) is 0 Å². The Labute approximate surface area is 59.8 Å². The van der Waals surface area contributed by atoms with E-state index in [0.29, 0.717) is 0 Å². The molecule has 0 unspecified atom stereocenters. The maximum absolute atomic E-state index is 10.2. The van der Waals surface area contributed by atoms with Crippen LogP contribution in [0.15, 0.2) is 0 Å². The first-order valence-corrected chi connectivity index (χ1v) is 3.40. The van der Waals surface area contributed by atoms with Crippen molar-refractivity contribution in [1.29, 1.82) is 0 Å². The Bertz CT molecular complexity index is 261. The van der Waals surface area contributed by atoms with Gasteiger partial charge in [-0.3, -0.25) is 9.78 Å². The summed E-state index contributed by atoms with van der Waals surface area (Å²) in [5.41, 5.74) is 0. The second-order valence-electron chi connectivity index (χ2n) is 1.29. The highest BCUT2D eigenvalue weighted by molar-refractivity contribution is 7.81. The number of carbonyl (C=O) groups is 2. The largest absolute Gasteiger partial charge is 0.471 e. The summed E-state index contributed by atoms with van der Waals surface area (Å²) in [7, 11) is -4.57. The van der Waals surface area contributed by atoms with Crippen molar-refractivity contribution in [2.75, 3.05) is 0 Å². The van der Waals surface area contributed by atoms with Gasteiger partial charge in [0.1, 0.15) is 0 Å². The zero-order valence-corrected chi connectivity index (χ0v) is 5.49. The van der Waals surface area contributed by atoms with Gasteiger partial charge in [-0.15, -0.1) is 0 Å². The van der Waals surface area contributed by atoms with Gasteiger partial charge in [0.15, 0.2) is 0 Å². The average Bonchev–Trinajstić information content (AvgIpc) is 2.03. The molecule has 1 rings (SSSR count). The van der Waals surface area contributed by atoms with E-state index in [9.17, 15) is 18.0 Å². The molecule has 9 heteroatoms. The summed E-state index contributed by atoms with van der Waals surface area (Å²) < 4.78 is 27.0. The van der Waals surface area contributed by atoms with Crippen LogP contribution in [0.4, 0.5) is 0 Å². The number of hydrogen-bond donors (Lipinski definition) is 0. The lowest BCUT2D eigenvalue weighted by Crippen LogP contribution is -2.15. The van der Waals surface area contributed by atoms with Crippen LogP contribution in [0.5, 0.6) is 0 Å². The molecule has 8 nitrogen and oxygen atoms in total. The Morgan fingerprint density at radius 3 is 1.64 bits per heavy atom. The normalized spacial score (nSPS) is 23.3. The maximum atomic E-state index is 10.2. The summed E-state index contributed by atoms with van der Waals surface area (Å²) in [4.78, 5) is 27.1. The highest BCUT2D eigenvalue weighted by Gasteiger charge is 2.32. The molecule has 0 amide bonds. The third-order valence-electron chi connectivity index (χ3n) is 0.553. The first-order valence-electron chi connectivity index (χ1n) is 2.07. The van der Waals surface area contributed by atoms with Crippen LogP contribution in [-0.2, 0) is 38.4 Å². The van der Waals surface area contributed by atoms with Gasteiger partial charge in [-0.25, -0.2) is 9.59 Å². The third-order valence-corrected chi connectivity index (χ3v) is 1.02. The number of carbonyl (C=O) groups excluding carboxylic acids is 2. The van der Waals surface area contributed by atoms with E-state index in [-0.39, 0.29) is 0 Å². The summed E-state index contributed by atoms with van der Waals surface area (Å²) >= 11 is 0. The van der Waals surface area contributed by atoms with Crippen molar-refractivity contribution in [3.63, 3.8) is 0 Å². The second kappa shape index (κ2) is 2.45. The molecule has 1 saturated heterocycles. The molecule has 0 radical (unpaired) electrons. The lowest BCUT2D eigenvalue weighted by molar-refractivity contribution is -0.214. The lowest BCUT2D eigenvalue weighted by Gasteiger charge is -1.90. The maximum Gasteiger partial charge on any atom is 0.471 e. The minimum atomic E-state index is -4.57. The van der Waals surface area contributed by atoms with Crippen LogP contribution in [0.1, 0.15) is 0 Å². The molecule has 0 spiro atoms. The molecule has 11 heavy (non-hydrogen) atoms. The van der Waals surface area contributed by atoms with Gasteiger partial charge >= 0.3 is 22.3 Å². The fourth-order valence-corrected chi connectivity index (χ4v) is 0.537. The predicted octanol–water partition coefficient (Wildman–Crippen LogP) is -1.81. The van der Waals surface area contributed by atoms with Gasteiger partial charge in [-0.1, -0.05) is 0 Å². The van der Waals surface area contributed by atoms with Crippen LogP contribution >= 0.6 is 0 Å². The topological polar surface area (TPSA) is 105 Å². The summed E-state index contributed by atoms with van der Waals surface area (Å²) in [6.07, 6.45) is 0. The molecule has 0 aromatic heterocycles. The molecule has 0 aromatic rings. The summed E-state index contributed by atoms with van der Waals surface area (Å²) in [6.45, 7) is 0. The van der Waals surface area contributed by atoms with Crippen LogP contribution in [0, 0.1) is 0 Å². The van der Waals surface area contributed by atoms with Gasteiger partial charge in [0.25, 0.3) is 0 Å². The SMILES string of the molecule is O=C1OOS(=O)(=O)OOC1=O. The van der Waals surface area contributed by atoms with Gasteiger partial charge < -0.3 is 0 Å². The molecule has 0 atom stereocenters. The number of rotatable bonds is 0. The molecule has 1 aliphatic heterocycles. The Morgan fingerprint density at radius 2 is 1.27 bits per heavy atom. The minimum absolute atomic E-state index is 1.62. The van der Waals surface area contributed by atoms with Crippen LogP contribution < -0.4 is 0 Å². The minimum Gasteiger partial charge on any atom is -0.266 e. The van der Waals surface area contributed by atoms with E-state index >= 15 is 0 Å². The quantitative estimate of drug-likeness (QED) is 0.320. The molecule has 0 N–H and O–H groups in total. The molecule has 0 aromatic carbocycles. The fourth-order valence-electron chi connectivity index (χ4n) is 0.225. The molecular weight excluding hydrogens is 184 g/mol.